The monoisotopic (exact) mass is 135 g/mol. The summed E-state index contributed by atoms with van der Waals surface area (Å²) in [7, 11) is 0. The first-order chi connectivity index (χ1) is 4.26. The third kappa shape index (κ3) is 2.76. The van der Waals surface area contributed by atoms with Gasteiger partial charge >= 0.3 is 0 Å². The molecule has 1 unspecified atom stereocenters. The van der Waals surface area contributed by atoms with Gasteiger partial charge in [-0.2, -0.15) is 0 Å². The van der Waals surface area contributed by atoms with Gasteiger partial charge < -0.3 is 21.1 Å². The van der Waals surface area contributed by atoms with Crippen molar-refractivity contribution < 1.29 is 15.3 Å². The molecule has 0 saturated carbocycles. The summed E-state index contributed by atoms with van der Waals surface area (Å²) >= 11 is 0. The number of nitrogens with two attached hydrogens (primary N) is 1. The average Bonchev–Trinajstić information content (AvgIpc) is 1.90. The third-order valence-electron chi connectivity index (χ3n) is 1.25. The van der Waals surface area contributed by atoms with E-state index < -0.39 is 12.0 Å². The Balaban J connectivity index is 3.50. The Hall–Kier alpha value is -0.160. The van der Waals surface area contributed by atoms with Crippen molar-refractivity contribution in [3.63, 3.8) is 0 Å². The van der Waals surface area contributed by atoms with Crippen molar-refractivity contribution >= 4 is 0 Å². The van der Waals surface area contributed by atoms with Crippen molar-refractivity contribution in [2.24, 2.45) is 11.7 Å². The number of hydrogen-bond acceptors (Lipinski definition) is 4. The smallest absolute Gasteiger partial charge is 0.0734 e. The largest absolute Gasteiger partial charge is 0.396 e. The highest BCUT2D eigenvalue weighted by Gasteiger charge is 2.14. The van der Waals surface area contributed by atoms with Crippen LogP contribution in [0.2, 0.25) is 0 Å². The van der Waals surface area contributed by atoms with Crippen LogP contribution in [0.3, 0.4) is 0 Å². The maximum Gasteiger partial charge on any atom is 0.0734 e. The lowest BCUT2D eigenvalue weighted by molar-refractivity contribution is 0.0372. The minimum atomic E-state index is -0.792. The Bertz CT molecular complexity index is 65.2. The molecule has 0 rings (SSSR count). The summed E-state index contributed by atoms with van der Waals surface area (Å²) in [5.74, 6) is -0.491. The lowest BCUT2D eigenvalue weighted by atomic mass is 10.1. The Kier molecular flexibility index (Phi) is 4.61. The molecule has 4 nitrogen and oxygen atoms in total. The molecule has 0 spiro atoms. The summed E-state index contributed by atoms with van der Waals surface area (Å²) in [6.07, 6.45) is -0.792. The van der Waals surface area contributed by atoms with E-state index in [0.717, 1.165) is 0 Å². The van der Waals surface area contributed by atoms with E-state index in [1.165, 1.54) is 0 Å². The molecule has 0 heterocycles. The van der Waals surface area contributed by atoms with Crippen LogP contribution in [0, 0.1) is 5.92 Å². The highest BCUT2D eigenvalue weighted by Crippen LogP contribution is 1.98. The van der Waals surface area contributed by atoms with E-state index in [1.54, 1.807) is 0 Å². The van der Waals surface area contributed by atoms with Crippen LogP contribution in [-0.2, 0) is 0 Å². The second kappa shape index (κ2) is 4.69. The molecule has 56 valence electrons. The van der Waals surface area contributed by atoms with E-state index in [9.17, 15) is 0 Å². The molecule has 0 amide bonds. The van der Waals surface area contributed by atoms with Gasteiger partial charge in [-0.1, -0.05) is 0 Å². The summed E-state index contributed by atoms with van der Waals surface area (Å²) in [6, 6.07) is 0. The van der Waals surface area contributed by atoms with Crippen LogP contribution < -0.4 is 5.73 Å². The van der Waals surface area contributed by atoms with Crippen molar-refractivity contribution in [3.05, 3.63) is 0 Å². The molecule has 0 aliphatic carbocycles. The predicted molar refractivity (Wildman–Crippen MR) is 32.7 cm³/mol. The van der Waals surface area contributed by atoms with Gasteiger partial charge in [-0.3, -0.25) is 0 Å². The summed E-state index contributed by atoms with van der Waals surface area (Å²) in [5, 5.41) is 25.8. The topological polar surface area (TPSA) is 86.7 Å². The minimum Gasteiger partial charge on any atom is -0.396 e. The number of hydrogen-bond donors (Lipinski definition) is 4. The molecule has 5 N–H and O–H groups in total. The number of aliphatic hydroxyl groups excluding tert-OH is 3. The van der Waals surface area contributed by atoms with Crippen LogP contribution in [0.1, 0.15) is 0 Å². The number of rotatable bonds is 4. The van der Waals surface area contributed by atoms with E-state index in [2.05, 4.69) is 0 Å². The van der Waals surface area contributed by atoms with Crippen LogP contribution in [-0.4, -0.2) is 41.2 Å². The summed E-state index contributed by atoms with van der Waals surface area (Å²) < 4.78 is 0. The van der Waals surface area contributed by atoms with Crippen LogP contribution in [0.15, 0.2) is 0 Å². The second-order valence-corrected chi connectivity index (χ2v) is 1.93. The number of aliphatic hydroxyl groups is 3. The maximum absolute atomic E-state index is 8.87. The van der Waals surface area contributed by atoms with E-state index in [-0.39, 0.29) is 19.8 Å². The molecule has 0 fully saturated rings. The van der Waals surface area contributed by atoms with Gasteiger partial charge in [0, 0.05) is 12.5 Å². The summed E-state index contributed by atoms with van der Waals surface area (Å²) in [4.78, 5) is 0. The predicted octanol–water partition coefficient (Wildman–Crippen LogP) is -2.09. The van der Waals surface area contributed by atoms with Gasteiger partial charge in [-0.05, 0) is 0 Å². The van der Waals surface area contributed by atoms with Crippen molar-refractivity contribution in [3.8, 4) is 0 Å². The zero-order valence-electron chi connectivity index (χ0n) is 5.20. The summed E-state index contributed by atoms with van der Waals surface area (Å²) in [5.41, 5.74) is 5.05. The Morgan fingerprint density at radius 2 is 1.67 bits per heavy atom. The van der Waals surface area contributed by atoms with Gasteiger partial charge in [0.25, 0.3) is 0 Å². The normalized spacial score (nSPS) is 14.3. The van der Waals surface area contributed by atoms with Crippen molar-refractivity contribution in [1.29, 1.82) is 0 Å². The first-order valence-corrected chi connectivity index (χ1v) is 2.86. The van der Waals surface area contributed by atoms with E-state index in [0.29, 0.717) is 0 Å². The first-order valence-electron chi connectivity index (χ1n) is 2.86. The van der Waals surface area contributed by atoms with Crippen LogP contribution >= 0.6 is 0 Å². The van der Waals surface area contributed by atoms with E-state index in [4.69, 9.17) is 21.1 Å². The Labute approximate surface area is 53.9 Å². The highest BCUT2D eigenvalue weighted by molar-refractivity contribution is 4.66. The molecule has 0 saturated heterocycles. The molecule has 1 atom stereocenters. The van der Waals surface area contributed by atoms with Gasteiger partial charge in [0.1, 0.15) is 0 Å². The van der Waals surface area contributed by atoms with Crippen LogP contribution in [0.4, 0.5) is 0 Å². The standard InChI is InChI=1S/C5H13NO3/c6-1-5(9)4(2-7)3-8/h4-5,7-9H,1-3,6H2. The molecule has 0 aromatic carbocycles. The second-order valence-electron chi connectivity index (χ2n) is 1.93. The fourth-order valence-corrected chi connectivity index (χ4v) is 0.494. The molecule has 9 heavy (non-hydrogen) atoms. The lowest BCUT2D eigenvalue weighted by Gasteiger charge is -2.15. The van der Waals surface area contributed by atoms with Gasteiger partial charge in [-0.15, -0.1) is 0 Å². The lowest BCUT2D eigenvalue weighted by Crippen LogP contribution is -2.33. The Morgan fingerprint density at radius 1 is 1.22 bits per heavy atom. The molecule has 0 aliphatic rings. The zero-order valence-corrected chi connectivity index (χ0v) is 5.20. The molecule has 0 aromatic heterocycles. The quantitative estimate of drug-likeness (QED) is 0.356. The Morgan fingerprint density at radius 3 is 1.78 bits per heavy atom. The summed E-state index contributed by atoms with van der Waals surface area (Å²) in [6.45, 7) is -0.379. The fourth-order valence-electron chi connectivity index (χ4n) is 0.494. The SMILES string of the molecule is NCC(O)C(CO)CO. The molecule has 0 aromatic rings. The molecular formula is C5H13NO3. The molecule has 4 heteroatoms. The van der Waals surface area contributed by atoms with E-state index in [1.807, 2.05) is 0 Å². The fraction of sp³-hybridized carbons (Fsp3) is 1.00. The van der Waals surface area contributed by atoms with Gasteiger partial charge in [-0.25, -0.2) is 0 Å². The zero-order chi connectivity index (χ0) is 7.28. The van der Waals surface area contributed by atoms with E-state index >= 15 is 0 Å². The minimum absolute atomic E-state index is 0.0752. The molecule has 0 bridgehead atoms. The van der Waals surface area contributed by atoms with Crippen molar-refractivity contribution in [2.75, 3.05) is 19.8 Å². The van der Waals surface area contributed by atoms with Crippen LogP contribution in [0.25, 0.3) is 0 Å². The van der Waals surface area contributed by atoms with Gasteiger partial charge in [0.2, 0.25) is 0 Å². The first kappa shape index (κ1) is 8.84. The average molecular weight is 135 g/mol. The van der Waals surface area contributed by atoms with Gasteiger partial charge in [0.15, 0.2) is 0 Å². The van der Waals surface area contributed by atoms with Gasteiger partial charge in [0.05, 0.1) is 19.3 Å². The molecule has 0 aliphatic heterocycles. The van der Waals surface area contributed by atoms with Crippen LogP contribution in [0.5, 0.6) is 0 Å². The van der Waals surface area contributed by atoms with Crippen molar-refractivity contribution in [2.45, 2.75) is 6.10 Å². The maximum atomic E-state index is 8.87. The van der Waals surface area contributed by atoms with Crippen molar-refractivity contribution in [1.82, 2.24) is 0 Å². The third-order valence-corrected chi connectivity index (χ3v) is 1.25. The molecular weight excluding hydrogens is 122 g/mol. The highest BCUT2D eigenvalue weighted by atomic mass is 16.3. The molecule has 0 radical (unpaired) electrons.